The van der Waals surface area contributed by atoms with Gasteiger partial charge in [0.1, 0.15) is 0 Å². The molecule has 3 heteroatoms. The molecule has 0 aromatic heterocycles. The fourth-order valence-corrected chi connectivity index (χ4v) is 2.33. The summed E-state index contributed by atoms with van der Waals surface area (Å²) < 4.78 is 4.91. The molecule has 0 aliphatic heterocycles. The molecule has 0 aliphatic rings. The highest BCUT2D eigenvalue weighted by Crippen LogP contribution is 2.21. The fraction of sp³-hybridized carbons (Fsp3) is 0.250. The van der Waals surface area contributed by atoms with Crippen LogP contribution in [0.1, 0.15) is 24.5 Å². The molecule has 2 aromatic carbocycles. The summed E-state index contributed by atoms with van der Waals surface area (Å²) >= 11 is 0. The summed E-state index contributed by atoms with van der Waals surface area (Å²) in [7, 11) is 0. The van der Waals surface area contributed by atoms with E-state index in [2.05, 4.69) is 35.7 Å². The fourth-order valence-electron chi connectivity index (χ4n) is 2.33. The minimum Gasteiger partial charge on any atom is -0.465 e. The summed E-state index contributed by atoms with van der Waals surface area (Å²) in [6, 6.07) is 20.6. The van der Waals surface area contributed by atoms with E-state index in [0.717, 1.165) is 13.0 Å². The molecule has 0 bridgehead atoms. The first-order chi connectivity index (χ1) is 11.3. The first-order valence-electron chi connectivity index (χ1n) is 7.97. The van der Waals surface area contributed by atoms with Crippen LogP contribution >= 0.6 is 0 Å². The van der Waals surface area contributed by atoms with E-state index in [4.69, 9.17) is 4.74 Å². The van der Waals surface area contributed by atoms with Crippen LogP contribution in [-0.2, 0) is 9.53 Å². The lowest BCUT2D eigenvalue weighted by molar-refractivity contribution is -0.141. The normalized spacial score (nSPS) is 11.3. The SMILES string of the molecule is CCOC(=O)CNCC/C(=C\c1ccccc1)c1ccccc1. The van der Waals surface area contributed by atoms with Crippen molar-refractivity contribution < 1.29 is 9.53 Å². The van der Waals surface area contributed by atoms with E-state index < -0.39 is 0 Å². The first kappa shape index (κ1) is 17.0. The Kier molecular flexibility index (Phi) is 7.08. The van der Waals surface area contributed by atoms with Crippen LogP contribution < -0.4 is 5.32 Å². The zero-order valence-electron chi connectivity index (χ0n) is 13.5. The van der Waals surface area contributed by atoms with Crippen molar-refractivity contribution in [1.29, 1.82) is 0 Å². The van der Waals surface area contributed by atoms with Crippen LogP contribution in [-0.4, -0.2) is 25.7 Å². The number of carbonyl (C=O) groups excluding carboxylic acids is 1. The number of nitrogens with one attached hydrogen (secondary N) is 1. The van der Waals surface area contributed by atoms with Gasteiger partial charge in [0.2, 0.25) is 0 Å². The van der Waals surface area contributed by atoms with E-state index in [-0.39, 0.29) is 12.5 Å². The summed E-state index contributed by atoms with van der Waals surface area (Å²) in [6.07, 6.45) is 3.04. The van der Waals surface area contributed by atoms with Crippen molar-refractivity contribution in [2.45, 2.75) is 13.3 Å². The molecule has 0 saturated carbocycles. The molecule has 0 amide bonds. The number of carbonyl (C=O) groups is 1. The van der Waals surface area contributed by atoms with Gasteiger partial charge in [-0.05, 0) is 36.6 Å². The van der Waals surface area contributed by atoms with Gasteiger partial charge in [0, 0.05) is 0 Å². The smallest absolute Gasteiger partial charge is 0.319 e. The van der Waals surface area contributed by atoms with Gasteiger partial charge in [-0.25, -0.2) is 0 Å². The van der Waals surface area contributed by atoms with Crippen LogP contribution in [0.5, 0.6) is 0 Å². The van der Waals surface area contributed by atoms with Crippen LogP contribution in [0.3, 0.4) is 0 Å². The number of esters is 1. The van der Waals surface area contributed by atoms with Gasteiger partial charge in [-0.15, -0.1) is 0 Å². The molecule has 3 nitrogen and oxygen atoms in total. The molecule has 2 rings (SSSR count). The minimum atomic E-state index is -0.208. The maximum Gasteiger partial charge on any atom is 0.319 e. The molecular formula is C20H23NO2. The van der Waals surface area contributed by atoms with Crippen LogP contribution in [0.2, 0.25) is 0 Å². The lowest BCUT2D eigenvalue weighted by atomic mass is 10.00. The molecule has 0 aliphatic carbocycles. The average molecular weight is 309 g/mol. The van der Waals surface area contributed by atoms with Gasteiger partial charge in [-0.2, -0.15) is 0 Å². The Morgan fingerprint density at radius 1 is 1.04 bits per heavy atom. The maximum atomic E-state index is 11.3. The largest absolute Gasteiger partial charge is 0.465 e. The van der Waals surface area contributed by atoms with Crippen LogP contribution in [0.15, 0.2) is 60.7 Å². The van der Waals surface area contributed by atoms with Crippen molar-refractivity contribution in [2.75, 3.05) is 19.7 Å². The number of ether oxygens (including phenoxy) is 1. The molecular weight excluding hydrogens is 286 g/mol. The molecule has 0 unspecified atom stereocenters. The summed E-state index contributed by atoms with van der Waals surface area (Å²) in [6.45, 7) is 3.21. The predicted octanol–water partition coefficient (Wildman–Crippen LogP) is 3.77. The molecule has 2 aromatic rings. The molecule has 0 fully saturated rings. The Labute approximate surface area is 138 Å². The van der Waals surface area contributed by atoms with E-state index in [1.54, 1.807) is 0 Å². The summed E-state index contributed by atoms with van der Waals surface area (Å²) in [5.74, 6) is -0.208. The van der Waals surface area contributed by atoms with Gasteiger partial charge in [0.15, 0.2) is 0 Å². The third-order valence-electron chi connectivity index (χ3n) is 3.43. The third kappa shape index (κ3) is 6.09. The molecule has 1 N–H and O–H groups in total. The molecule has 120 valence electrons. The number of hydrogen-bond donors (Lipinski definition) is 1. The Morgan fingerprint density at radius 2 is 1.70 bits per heavy atom. The van der Waals surface area contributed by atoms with Crippen LogP contribution in [0.25, 0.3) is 11.6 Å². The minimum absolute atomic E-state index is 0.208. The van der Waals surface area contributed by atoms with E-state index in [1.807, 2.05) is 43.3 Å². The van der Waals surface area contributed by atoms with E-state index in [9.17, 15) is 4.79 Å². The van der Waals surface area contributed by atoms with Crippen molar-refractivity contribution in [1.82, 2.24) is 5.32 Å². The molecule has 0 atom stereocenters. The first-order valence-corrected chi connectivity index (χ1v) is 7.97. The number of benzene rings is 2. The lowest BCUT2D eigenvalue weighted by Crippen LogP contribution is -2.25. The van der Waals surface area contributed by atoms with Gasteiger partial charge in [0.25, 0.3) is 0 Å². The standard InChI is InChI=1S/C20H23NO2/c1-2-23-20(22)16-21-14-13-19(18-11-7-4-8-12-18)15-17-9-5-3-6-10-17/h3-12,15,21H,2,13-14,16H2,1H3/b19-15+. The zero-order chi connectivity index (χ0) is 16.3. The zero-order valence-corrected chi connectivity index (χ0v) is 13.5. The van der Waals surface area contributed by atoms with Crippen LogP contribution in [0, 0.1) is 0 Å². The third-order valence-corrected chi connectivity index (χ3v) is 3.43. The Balaban J connectivity index is 2.01. The highest BCUT2D eigenvalue weighted by molar-refractivity contribution is 5.81. The van der Waals surface area contributed by atoms with Crippen molar-refractivity contribution in [3.63, 3.8) is 0 Å². The van der Waals surface area contributed by atoms with Crippen molar-refractivity contribution in [2.24, 2.45) is 0 Å². The Bertz CT molecular complexity index is 621. The second-order valence-corrected chi connectivity index (χ2v) is 5.18. The Morgan fingerprint density at radius 3 is 2.35 bits per heavy atom. The highest BCUT2D eigenvalue weighted by Gasteiger charge is 2.04. The summed E-state index contributed by atoms with van der Waals surface area (Å²) in [4.78, 5) is 11.3. The molecule has 0 heterocycles. The second kappa shape index (κ2) is 9.59. The topological polar surface area (TPSA) is 38.3 Å². The second-order valence-electron chi connectivity index (χ2n) is 5.18. The highest BCUT2D eigenvalue weighted by atomic mass is 16.5. The number of hydrogen-bond acceptors (Lipinski definition) is 3. The van der Waals surface area contributed by atoms with Crippen molar-refractivity contribution in [3.05, 3.63) is 71.8 Å². The molecule has 23 heavy (non-hydrogen) atoms. The molecule has 0 spiro atoms. The van der Waals surface area contributed by atoms with Crippen LogP contribution in [0.4, 0.5) is 0 Å². The van der Waals surface area contributed by atoms with Gasteiger partial charge in [0.05, 0.1) is 13.2 Å². The monoisotopic (exact) mass is 309 g/mol. The predicted molar refractivity (Wildman–Crippen MR) is 94.9 cm³/mol. The van der Waals surface area contributed by atoms with E-state index in [1.165, 1.54) is 16.7 Å². The van der Waals surface area contributed by atoms with Crippen molar-refractivity contribution >= 4 is 17.6 Å². The van der Waals surface area contributed by atoms with Gasteiger partial charge in [-0.1, -0.05) is 66.7 Å². The Hall–Kier alpha value is -2.39. The van der Waals surface area contributed by atoms with Crippen molar-refractivity contribution in [3.8, 4) is 0 Å². The quantitative estimate of drug-likeness (QED) is 0.458. The molecule has 0 saturated heterocycles. The molecule has 0 radical (unpaired) electrons. The van der Waals surface area contributed by atoms with Gasteiger partial charge >= 0.3 is 5.97 Å². The lowest BCUT2D eigenvalue weighted by Gasteiger charge is -2.10. The van der Waals surface area contributed by atoms with Gasteiger partial charge in [-0.3, -0.25) is 4.79 Å². The summed E-state index contributed by atoms with van der Waals surface area (Å²) in [5, 5.41) is 3.14. The maximum absolute atomic E-state index is 11.3. The van der Waals surface area contributed by atoms with E-state index in [0.29, 0.717) is 6.61 Å². The average Bonchev–Trinajstić information content (AvgIpc) is 2.59. The number of rotatable bonds is 8. The van der Waals surface area contributed by atoms with Gasteiger partial charge < -0.3 is 10.1 Å². The van der Waals surface area contributed by atoms with E-state index >= 15 is 0 Å². The summed E-state index contributed by atoms with van der Waals surface area (Å²) in [5.41, 5.74) is 3.62.